The van der Waals surface area contributed by atoms with Gasteiger partial charge in [0.2, 0.25) is 0 Å². The molecule has 0 amide bonds. The number of hydrogen-bond donors (Lipinski definition) is 2. The minimum absolute atomic E-state index is 0.346. The summed E-state index contributed by atoms with van der Waals surface area (Å²) < 4.78 is 0. The molecule has 4 nitrogen and oxygen atoms in total. The summed E-state index contributed by atoms with van der Waals surface area (Å²) in [5.41, 5.74) is 1.15. The Morgan fingerprint density at radius 1 is 1.14 bits per heavy atom. The van der Waals surface area contributed by atoms with Gasteiger partial charge >= 0.3 is 0 Å². The molecule has 4 heteroatoms. The lowest BCUT2D eigenvalue weighted by Crippen LogP contribution is -2.14. The molecule has 2 rings (SSSR count). The van der Waals surface area contributed by atoms with Crippen LogP contribution in [0.2, 0.25) is 0 Å². The molecule has 1 aromatic rings. The molecule has 0 aromatic carbocycles. The Labute approximate surface area is 129 Å². The monoisotopic (exact) mass is 290 g/mol. The Bertz CT molecular complexity index is 470. The normalized spacial score (nSPS) is 20.7. The quantitative estimate of drug-likeness (QED) is 0.748. The van der Waals surface area contributed by atoms with Gasteiger partial charge in [-0.05, 0) is 32.1 Å². The van der Waals surface area contributed by atoms with E-state index in [0.29, 0.717) is 12.0 Å². The minimum Gasteiger partial charge on any atom is -0.370 e. The summed E-state index contributed by atoms with van der Waals surface area (Å²) in [6.07, 6.45) is 4.97. The van der Waals surface area contributed by atoms with Crippen LogP contribution in [0.25, 0.3) is 0 Å². The second kappa shape index (κ2) is 7.10. The average molecular weight is 290 g/mol. The molecule has 1 saturated carbocycles. The Kier molecular flexibility index (Phi) is 5.43. The molecular weight excluding hydrogens is 260 g/mol. The third kappa shape index (κ3) is 4.08. The van der Waals surface area contributed by atoms with Gasteiger partial charge < -0.3 is 10.6 Å². The number of anilines is 2. The summed E-state index contributed by atoms with van der Waals surface area (Å²) in [6.45, 7) is 11.8. The van der Waals surface area contributed by atoms with Gasteiger partial charge in [0.25, 0.3) is 0 Å². The zero-order valence-corrected chi connectivity index (χ0v) is 14.2. The van der Waals surface area contributed by atoms with Crippen LogP contribution < -0.4 is 10.6 Å². The third-order valence-corrected chi connectivity index (χ3v) is 4.13. The molecule has 118 valence electrons. The maximum Gasteiger partial charge on any atom is 0.135 e. The summed E-state index contributed by atoms with van der Waals surface area (Å²) in [5, 5.41) is 7.08. The molecule has 2 unspecified atom stereocenters. The van der Waals surface area contributed by atoms with Crippen LogP contribution in [0, 0.1) is 12.8 Å². The van der Waals surface area contributed by atoms with E-state index in [4.69, 9.17) is 9.97 Å². The van der Waals surface area contributed by atoms with Crippen LogP contribution in [0.15, 0.2) is 0 Å². The maximum absolute atomic E-state index is 4.75. The van der Waals surface area contributed by atoms with Crippen LogP contribution >= 0.6 is 0 Å². The first kappa shape index (κ1) is 16.1. The summed E-state index contributed by atoms with van der Waals surface area (Å²) in [7, 11) is 0. The molecule has 2 N–H and O–H groups in total. The Morgan fingerprint density at radius 2 is 1.86 bits per heavy atom. The summed E-state index contributed by atoms with van der Waals surface area (Å²) in [4.78, 5) is 9.44. The van der Waals surface area contributed by atoms with Crippen molar-refractivity contribution in [2.24, 2.45) is 5.92 Å². The topological polar surface area (TPSA) is 49.8 Å². The second-order valence-electron chi connectivity index (χ2n) is 6.52. The first-order valence-corrected chi connectivity index (χ1v) is 8.45. The van der Waals surface area contributed by atoms with Crippen molar-refractivity contribution in [3.63, 3.8) is 0 Å². The zero-order chi connectivity index (χ0) is 15.4. The van der Waals surface area contributed by atoms with Gasteiger partial charge in [-0.25, -0.2) is 9.97 Å². The van der Waals surface area contributed by atoms with Crippen LogP contribution in [-0.4, -0.2) is 22.6 Å². The predicted molar refractivity (Wildman–Crippen MR) is 90.1 cm³/mol. The lowest BCUT2D eigenvalue weighted by atomic mass is 10.2. The van der Waals surface area contributed by atoms with Crippen molar-refractivity contribution in [1.82, 2.24) is 9.97 Å². The van der Waals surface area contributed by atoms with Gasteiger partial charge in [-0.15, -0.1) is 0 Å². The summed E-state index contributed by atoms with van der Waals surface area (Å²) in [6, 6.07) is 0.609. The highest BCUT2D eigenvalue weighted by molar-refractivity contribution is 5.58. The van der Waals surface area contributed by atoms with Crippen molar-refractivity contribution in [1.29, 1.82) is 0 Å². The molecule has 0 spiro atoms. The first-order chi connectivity index (χ1) is 10.1. The van der Waals surface area contributed by atoms with Crippen LogP contribution in [0.3, 0.4) is 0 Å². The molecule has 0 bridgehead atoms. The number of rotatable bonds is 8. The van der Waals surface area contributed by atoms with E-state index in [-0.39, 0.29) is 0 Å². The predicted octanol–water partition coefficient (Wildman–Crippen LogP) is 4.33. The zero-order valence-electron chi connectivity index (χ0n) is 14.2. The smallest absolute Gasteiger partial charge is 0.135 e. The van der Waals surface area contributed by atoms with Crippen molar-refractivity contribution < 1.29 is 0 Å². The second-order valence-corrected chi connectivity index (χ2v) is 6.52. The van der Waals surface area contributed by atoms with Crippen molar-refractivity contribution >= 4 is 11.6 Å². The van der Waals surface area contributed by atoms with E-state index in [9.17, 15) is 0 Å². The summed E-state index contributed by atoms with van der Waals surface area (Å²) in [5.74, 6) is 4.12. The molecule has 1 aliphatic rings. The van der Waals surface area contributed by atoms with Crippen LogP contribution in [-0.2, 0) is 0 Å². The van der Waals surface area contributed by atoms with Crippen molar-refractivity contribution in [3.05, 3.63) is 11.4 Å². The molecular formula is C17H30N4. The van der Waals surface area contributed by atoms with Gasteiger partial charge in [-0.3, -0.25) is 0 Å². The van der Waals surface area contributed by atoms with Crippen LogP contribution in [0.5, 0.6) is 0 Å². The number of nitrogens with one attached hydrogen (secondary N) is 2. The molecule has 0 radical (unpaired) electrons. The van der Waals surface area contributed by atoms with Crippen molar-refractivity contribution in [2.75, 3.05) is 17.2 Å². The molecule has 0 saturated heterocycles. The molecule has 1 heterocycles. The largest absolute Gasteiger partial charge is 0.370 e. The lowest BCUT2D eigenvalue weighted by Gasteiger charge is -2.16. The standard InChI is InChI=1S/C17H30N4/c1-6-8-13-10-14(13)19-17-12(5)16(18-9-7-2)20-15(21-17)11(3)4/h11,13-14H,6-10H2,1-5H3,(H2,18,19,20,21). The van der Waals surface area contributed by atoms with Crippen molar-refractivity contribution in [2.45, 2.75) is 72.3 Å². The van der Waals surface area contributed by atoms with Gasteiger partial charge in [-0.2, -0.15) is 0 Å². The van der Waals surface area contributed by atoms with Crippen LogP contribution in [0.4, 0.5) is 11.6 Å². The van der Waals surface area contributed by atoms with Gasteiger partial charge in [0, 0.05) is 24.1 Å². The molecule has 2 atom stereocenters. The molecule has 21 heavy (non-hydrogen) atoms. The lowest BCUT2D eigenvalue weighted by molar-refractivity contribution is 0.691. The fourth-order valence-corrected chi connectivity index (χ4v) is 2.64. The molecule has 1 aromatic heterocycles. The van der Waals surface area contributed by atoms with Crippen molar-refractivity contribution in [3.8, 4) is 0 Å². The fourth-order valence-electron chi connectivity index (χ4n) is 2.64. The molecule has 1 fully saturated rings. The SMILES string of the molecule is CCCNc1nc(C(C)C)nc(NC2CC2CCC)c1C. The van der Waals surface area contributed by atoms with Crippen LogP contribution in [0.1, 0.15) is 70.7 Å². The number of nitrogens with zero attached hydrogens (tertiary/aromatic N) is 2. The number of hydrogen-bond acceptors (Lipinski definition) is 4. The first-order valence-electron chi connectivity index (χ1n) is 8.45. The van der Waals surface area contributed by atoms with Gasteiger partial charge in [0.15, 0.2) is 0 Å². The van der Waals surface area contributed by atoms with Gasteiger partial charge in [0.1, 0.15) is 17.5 Å². The van der Waals surface area contributed by atoms with E-state index in [0.717, 1.165) is 41.9 Å². The van der Waals surface area contributed by atoms with E-state index in [1.165, 1.54) is 19.3 Å². The highest BCUT2D eigenvalue weighted by Gasteiger charge is 2.36. The van der Waals surface area contributed by atoms with E-state index >= 15 is 0 Å². The molecule has 0 aliphatic heterocycles. The molecule has 1 aliphatic carbocycles. The van der Waals surface area contributed by atoms with E-state index in [1.54, 1.807) is 0 Å². The fraction of sp³-hybridized carbons (Fsp3) is 0.765. The summed E-state index contributed by atoms with van der Waals surface area (Å²) >= 11 is 0. The number of aromatic nitrogens is 2. The van der Waals surface area contributed by atoms with Gasteiger partial charge in [0.05, 0.1) is 0 Å². The third-order valence-electron chi connectivity index (χ3n) is 4.13. The minimum atomic E-state index is 0.346. The Balaban J connectivity index is 2.16. The highest BCUT2D eigenvalue weighted by Crippen LogP contribution is 2.38. The average Bonchev–Trinajstić information content (AvgIpc) is 3.17. The van der Waals surface area contributed by atoms with Gasteiger partial charge in [-0.1, -0.05) is 34.1 Å². The Hall–Kier alpha value is -1.32. The Morgan fingerprint density at radius 3 is 2.48 bits per heavy atom. The van der Waals surface area contributed by atoms with E-state index < -0.39 is 0 Å². The van der Waals surface area contributed by atoms with E-state index in [2.05, 4.69) is 45.3 Å². The highest BCUT2D eigenvalue weighted by atomic mass is 15.1. The maximum atomic E-state index is 4.75. The van der Waals surface area contributed by atoms with E-state index in [1.807, 2.05) is 0 Å².